The van der Waals surface area contributed by atoms with E-state index in [4.69, 9.17) is 16.3 Å². The lowest BCUT2D eigenvalue weighted by atomic mass is 10.2. The van der Waals surface area contributed by atoms with E-state index >= 15 is 0 Å². The first-order valence-corrected chi connectivity index (χ1v) is 8.76. The highest BCUT2D eigenvalue weighted by molar-refractivity contribution is 6.30. The quantitative estimate of drug-likeness (QED) is 0.654. The predicted octanol–water partition coefficient (Wildman–Crippen LogP) is 4.08. The highest BCUT2D eigenvalue weighted by atomic mass is 35.5. The van der Waals surface area contributed by atoms with Gasteiger partial charge in [-0.1, -0.05) is 11.6 Å². The van der Waals surface area contributed by atoms with Crippen molar-refractivity contribution < 1.29 is 18.7 Å². The van der Waals surface area contributed by atoms with E-state index in [-0.39, 0.29) is 5.82 Å². The Bertz CT molecular complexity index is 1010. The number of aryl methyl sites for hydroxylation is 1. The number of esters is 1. The number of pyridine rings is 1. The summed E-state index contributed by atoms with van der Waals surface area (Å²) in [6.45, 7) is 3.13. The van der Waals surface area contributed by atoms with Crippen LogP contribution in [-0.2, 0) is 9.53 Å². The SMILES string of the molecule is Cc1cc(C(=O)OCC(=O)Nc2ccc(Cl)cn2)c(C)n1-c1ccc(F)cc1. The molecule has 2 heterocycles. The van der Waals surface area contributed by atoms with Gasteiger partial charge in [0.1, 0.15) is 11.6 Å². The molecule has 3 aromatic rings. The van der Waals surface area contributed by atoms with E-state index in [0.29, 0.717) is 22.1 Å². The van der Waals surface area contributed by atoms with Gasteiger partial charge in [-0.2, -0.15) is 0 Å². The summed E-state index contributed by atoms with van der Waals surface area (Å²) in [5.74, 6) is -1.18. The fourth-order valence-electron chi connectivity index (χ4n) is 2.79. The van der Waals surface area contributed by atoms with Gasteiger partial charge in [0, 0.05) is 23.3 Å². The highest BCUT2D eigenvalue weighted by Crippen LogP contribution is 2.22. The first kappa shape index (κ1) is 19.6. The van der Waals surface area contributed by atoms with E-state index < -0.39 is 18.5 Å². The Kier molecular flexibility index (Phi) is 5.75. The number of carbonyl (C=O) groups excluding carboxylic acids is 2. The number of anilines is 1. The lowest BCUT2D eigenvalue weighted by Crippen LogP contribution is -2.21. The number of amides is 1. The first-order chi connectivity index (χ1) is 13.3. The number of hydrogen-bond donors (Lipinski definition) is 1. The van der Waals surface area contributed by atoms with Gasteiger partial charge < -0.3 is 14.6 Å². The molecule has 0 radical (unpaired) electrons. The molecule has 0 saturated carbocycles. The molecule has 0 bridgehead atoms. The van der Waals surface area contributed by atoms with E-state index in [2.05, 4.69) is 10.3 Å². The monoisotopic (exact) mass is 401 g/mol. The van der Waals surface area contributed by atoms with Crippen LogP contribution in [0.2, 0.25) is 5.02 Å². The third kappa shape index (κ3) is 4.37. The van der Waals surface area contributed by atoms with Crippen LogP contribution < -0.4 is 5.32 Å². The van der Waals surface area contributed by atoms with E-state index in [1.54, 1.807) is 37.3 Å². The summed E-state index contributed by atoms with van der Waals surface area (Å²) >= 11 is 5.74. The molecular formula is C20H17ClFN3O3. The van der Waals surface area contributed by atoms with E-state index in [9.17, 15) is 14.0 Å². The molecule has 6 nitrogen and oxygen atoms in total. The molecule has 28 heavy (non-hydrogen) atoms. The van der Waals surface area contributed by atoms with Crippen molar-refractivity contribution in [1.29, 1.82) is 0 Å². The molecule has 0 fully saturated rings. The molecule has 0 atom stereocenters. The Balaban J connectivity index is 1.67. The summed E-state index contributed by atoms with van der Waals surface area (Å²) < 4.78 is 20.1. The number of halogens is 2. The lowest BCUT2D eigenvalue weighted by Gasteiger charge is -2.10. The molecule has 8 heteroatoms. The van der Waals surface area contributed by atoms with Gasteiger partial charge in [0.05, 0.1) is 10.6 Å². The molecule has 1 amide bonds. The van der Waals surface area contributed by atoms with Gasteiger partial charge in [0.25, 0.3) is 5.91 Å². The van der Waals surface area contributed by atoms with Crippen molar-refractivity contribution in [2.75, 3.05) is 11.9 Å². The zero-order valence-electron chi connectivity index (χ0n) is 15.2. The van der Waals surface area contributed by atoms with E-state index in [1.165, 1.54) is 18.3 Å². The number of benzene rings is 1. The second-order valence-electron chi connectivity index (χ2n) is 6.08. The van der Waals surface area contributed by atoms with Crippen LogP contribution in [-0.4, -0.2) is 28.0 Å². The van der Waals surface area contributed by atoms with Crippen molar-refractivity contribution in [3.63, 3.8) is 0 Å². The molecule has 3 rings (SSSR count). The topological polar surface area (TPSA) is 73.2 Å². The van der Waals surface area contributed by atoms with Crippen molar-refractivity contribution in [1.82, 2.24) is 9.55 Å². The second-order valence-corrected chi connectivity index (χ2v) is 6.52. The Morgan fingerprint density at radius 3 is 2.54 bits per heavy atom. The molecule has 1 aromatic carbocycles. The van der Waals surface area contributed by atoms with Crippen molar-refractivity contribution in [2.45, 2.75) is 13.8 Å². The van der Waals surface area contributed by atoms with Crippen molar-refractivity contribution in [3.05, 3.63) is 76.5 Å². The fourth-order valence-corrected chi connectivity index (χ4v) is 2.91. The lowest BCUT2D eigenvalue weighted by molar-refractivity contribution is -0.119. The maximum atomic E-state index is 13.2. The summed E-state index contributed by atoms with van der Waals surface area (Å²) in [4.78, 5) is 28.3. The number of aromatic nitrogens is 2. The minimum absolute atomic E-state index is 0.305. The van der Waals surface area contributed by atoms with Gasteiger partial charge in [-0.25, -0.2) is 14.2 Å². The normalized spacial score (nSPS) is 10.6. The molecule has 0 saturated heterocycles. The molecular weight excluding hydrogens is 385 g/mol. The number of hydrogen-bond acceptors (Lipinski definition) is 4. The van der Waals surface area contributed by atoms with Crippen LogP contribution in [0.1, 0.15) is 21.7 Å². The van der Waals surface area contributed by atoms with Gasteiger partial charge in [0.15, 0.2) is 6.61 Å². The minimum Gasteiger partial charge on any atom is -0.452 e. The third-order valence-corrected chi connectivity index (χ3v) is 4.29. The summed E-state index contributed by atoms with van der Waals surface area (Å²) in [6.07, 6.45) is 1.40. The van der Waals surface area contributed by atoms with Crippen LogP contribution in [0.15, 0.2) is 48.7 Å². The molecule has 2 aromatic heterocycles. The van der Waals surface area contributed by atoms with Crippen LogP contribution in [0.5, 0.6) is 0 Å². The Morgan fingerprint density at radius 1 is 1.18 bits per heavy atom. The van der Waals surface area contributed by atoms with Gasteiger partial charge >= 0.3 is 5.97 Å². The van der Waals surface area contributed by atoms with E-state index in [0.717, 1.165) is 11.4 Å². The number of nitrogens with zero attached hydrogens (tertiary/aromatic N) is 2. The first-order valence-electron chi connectivity index (χ1n) is 8.38. The van der Waals surface area contributed by atoms with E-state index in [1.807, 2.05) is 11.5 Å². The minimum atomic E-state index is -0.624. The zero-order chi connectivity index (χ0) is 20.3. The summed E-state index contributed by atoms with van der Waals surface area (Å²) in [5.41, 5.74) is 2.47. The molecule has 0 aliphatic carbocycles. The third-order valence-electron chi connectivity index (χ3n) is 4.07. The van der Waals surface area contributed by atoms with Gasteiger partial charge in [-0.3, -0.25) is 4.79 Å². The van der Waals surface area contributed by atoms with Crippen LogP contribution in [0.4, 0.5) is 10.2 Å². The van der Waals surface area contributed by atoms with Crippen LogP contribution in [0.25, 0.3) is 5.69 Å². The van der Waals surface area contributed by atoms with Crippen molar-refractivity contribution in [3.8, 4) is 5.69 Å². The number of nitrogens with one attached hydrogen (secondary N) is 1. The second kappa shape index (κ2) is 8.22. The van der Waals surface area contributed by atoms with Gasteiger partial charge in [-0.05, 0) is 56.3 Å². The number of rotatable bonds is 5. The summed E-state index contributed by atoms with van der Waals surface area (Å²) in [7, 11) is 0. The Labute approximate surface area is 165 Å². The van der Waals surface area contributed by atoms with Gasteiger partial charge in [0.2, 0.25) is 0 Å². The Morgan fingerprint density at radius 2 is 1.89 bits per heavy atom. The van der Waals surface area contributed by atoms with Crippen LogP contribution in [0, 0.1) is 19.7 Å². The number of ether oxygens (including phenoxy) is 1. The van der Waals surface area contributed by atoms with Crippen molar-refractivity contribution in [2.24, 2.45) is 0 Å². The highest BCUT2D eigenvalue weighted by Gasteiger charge is 2.19. The maximum absolute atomic E-state index is 13.2. The molecule has 0 spiro atoms. The van der Waals surface area contributed by atoms with Crippen molar-refractivity contribution >= 4 is 29.3 Å². The van der Waals surface area contributed by atoms with Gasteiger partial charge in [-0.15, -0.1) is 0 Å². The van der Waals surface area contributed by atoms with Crippen LogP contribution in [0.3, 0.4) is 0 Å². The largest absolute Gasteiger partial charge is 0.452 e. The average Bonchev–Trinajstić information content (AvgIpc) is 2.97. The summed E-state index contributed by atoms with van der Waals surface area (Å²) in [6, 6.07) is 10.7. The fraction of sp³-hybridized carbons (Fsp3) is 0.150. The molecule has 0 unspecified atom stereocenters. The average molecular weight is 402 g/mol. The molecule has 1 N–H and O–H groups in total. The summed E-state index contributed by atoms with van der Waals surface area (Å²) in [5, 5.41) is 2.96. The molecule has 144 valence electrons. The molecule has 0 aliphatic heterocycles. The Hall–Kier alpha value is -3.19. The predicted molar refractivity (Wildman–Crippen MR) is 103 cm³/mol. The number of carbonyl (C=O) groups is 2. The zero-order valence-corrected chi connectivity index (χ0v) is 16.0. The standard InChI is InChI=1S/C20H17ClFN3O3/c1-12-9-17(13(2)25(12)16-6-4-15(22)5-7-16)20(27)28-11-19(26)24-18-8-3-14(21)10-23-18/h3-10H,11H2,1-2H3,(H,23,24,26). The van der Waals surface area contributed by atoms with Crippen LogP contribution >= 0.6 is 11.6 Å². The molecule has 0 aliphatic rings. The smallest absolute Gasteiger partial charge is 0.340 e. The maximum Gasteiger partial charge on any atom is 0.340 e.